The first-order valence-electron chi connectivity index (χ1n) is 12.3. The molecule has 0 unspecified atom stereocenters. The minimum absolute atomic E-state index is 0.00901. The van der Waals surface area contributed by atoms with E-state index in [2.05, 4.69) is 15.4 Å². The fourth-order valence-corrected chi connectivity index (χ4v) is 3.88. The Morgan fingerprint density at radius 2 is 1.89 bits per heavy atom. The van der Waals surface area contributed by atoms with Gasteiger partial charge in [-0.25, -0.2) is 14.5 Å². The van der Waals surface area contributed by atoms with Gasteiger partial charge in [-0.2, -0.15) is 0 Å². The van der Waals surface area contributed by atoms with E-state index >= 15 is 0 Å². The maximum absolute atomic E-state index is 13.4. The van der Waals surface area contributed by atoms with E-state index in [1.165, 1.54) is 0 Å². The molecule has 1 aromatic carbocycles. The predicted molar refractivity (Wildman–Crippen MR) is 138 cm³/mol. The number of aliphatic hydroxyl groups is 1. The van der Waals surface area contributed by atoms with Gasteiger partial charge in [0, 0.05) is 37.1 Å². The number of rotatable bonds is 10. The molecular formula is C26H33N5O7. The second kappa shape index (κ2) is 12.4. The summed E-state index contributed by atoms with van der Waals surface area (Å²) in [4.78, 5) is 50.4. The van der Waals surface area contributed by atoms with Crippen LogP contribution in [0.1, 0.15) is 63.7 Å². The van der Waals surface area contributed by atoms with E-state index in [1.807, 2.05) is 13.8 Å². The molecule has 3 rings (SSSR count). The van der Waals surface area contributed by atoms with Crippen molar-refractivity contribution < 1.29 is 33.8 Å². The smallest absolute Gasteiger partial charge is 0.419 e. The summed E-state index contributed by atoms with van der Waals surface area (Å²) in [6.45, 7) is 4.48. The molecule has 12 heteroatoms. The van der Waals surface area contributed by atoms with Crippen LogP contribution in [-0.4, -0.2) is 70.3 Å². The molecule has 1 fully saturated rings. The van der Waals surface area contributed by atoms with E-state index in [-0.39, 0.29) is 23.3 Å². The highest BCUT2D eigenvalue weighted by Crippen LogP contribution is 2.30. The Bertz CT molecular complexity index is 1250. The summed E-state index contributed by atoms with van der Waals surface area (Å²) in [5.74, 6) is -1.75. The number of hydrogen-bond donors (Lipinski definition) is 4. The summed E-state index contributed by atoms with van der Waals surface area (Å²) >= 11 is 0. The third kappa shape index (κ3) is 6.57. The van der Waals surface area contributed by atoms with E-state index < -0.39 is 31.4 Å². The van der Waals surface area contributed by atoms with Crippen molar-refractivity contribution in [1.29, 1.82) is 5.41 Å². The SMILES string of the molecule is CCCNC(=O)c1ccc(C)c(NC(=N)c2c(C)c(C(=O)N(C(=O)OCOC(=O)CO)C3CC3)cn2C)c1. The van der Waals surface area contributed by atoms with Gasteiger partial charge in [-0.05, 0) is 56.4 Å². The minimum Gasteiger partial charge on any atom is -0.426 e. The van der Waals surface area contributed by atoms with Crippen LogP contribution in [0.25, 0.3) is 0 Å². The molecule has 1 aliphatic rings. The van der Waals surface area contributed by atoms with Crippen molar-refractivity contribution in [2.45, 2.75) is 46.1 Å². The first kappa shape index (κ1) is 28.4. The number of imide groups is 1. The molecule has 1 aromatic heterocycles. The Morgan fingerprint density at radius 3 is 2.53 bits per heavy atom. The molecule has 0 spiro atoms. The second-order valence-electron chi connectivity index (χ2n) is 9.02. The van der Waals surface area contributed by atoms with Crippen LogP contribution >= 0.6 is 0 Å². The number of carbonyl (C=O) groups is 4. The van der Waals surface area contributed by atoms with Gasteiger partial charge in [-0.15, -0.1) is 0 Å². The molecule has 4 N–H and O–H groups in total. The van der Waals surface area contributed by atoms with Gasteiger partial charge in [-0.1, -0.05) is 13.0 Å². The molecule has 0 aliphatic heterocycles. The van der Waals surface area contributed by atoms with Gasteiger partial charge < -0.3 is 29.8 Å². The van der Waals surface area contributed by atoms with Crippen LogP contribution in [0.4, 0.5) is 10.5 Å². The first-order valence-corrected chi connectivity index (χ1v) is 12.3. The zero-order valence-corrected chi connectivity index (χ0v) is 21.9. The molecule has 0 saturated heterocycles. The topological polar surface area (TPSA) is 163 Å². The van der Waals surface area contributed by atoms with Crippen molar-refractivity contribution in [3.8, 4) is 0 Å². The Labute approximate surface area is 220 Å². The van der Waals surface area contributed by atoms with Gasteiger partial charge in [-0.3, -0.25) is 15.0 Å². The largest absolute Gasteiger partial charge is 0.426 e. The fourth-order valence-electron chi connectivity index (χ4n) is 3.88. The second-order valence-corrected chi connectivity index (χ2v) is 9.02. The Kier molecular flexibility index (Phi) is 9.24. The molecule has 0 radical (unpaired) electrons. The van der Waals surface area contributed by atoms with Crippen molar-refractivity contribution >= 4 is 35.4 Å². The minimum atomic E-state index is -0.963. The quantitative estimate of drug-likeness (QED) is 0.158. The number of benzene rings is 1. The lowest BCUT2D eigenvalue weighted by molar-refractivity contribution is -0.155. The molecule has 38 heavy (non-hydrogen) atoms. The van der Waals surface area contributed by atoms with Crippen molar-refractivity contribution in [2.24, 2.45) is 7.05 Å². The molecule has 2 aromatic rings. The van der Waals surface area contributed by atoms with E-state index in [9.17, 15) is 19.2 Å². The maximum atomic E-state index is 13.4. The van der Waals surface area contributed by atoms with Gasteiger partial charge in [0.15, 0.2) is 0 Å². The maximum Gasteiger partial charge on any atom is 0.419 e. The van der Waals surface area contributed by atoms with Crippen LogP contribution in [0.15, 0.2) is 24.4 Å². The molecule has 0 bridgehead atoms. The monoisotopic (exact) mass is 527 g/mol. The summed E-state index contributed by atoms with van der Waals surface area (Å²) in [6, 6.07) is 4.84. The fraction of sp³-hybridized carbons (Fsp3) is 0.423. The third-order valence-electron chi connectivity index (χ3n) is 6.06. The standard InChI is InChI=1S/C26H33N5O7/c1-5-10-28-24(34)17-7-6-15(2)20(11-17)29-23(27)22-16(3)19(12-30(22)4)25(35)31(18-8-9-18)26(36)38-14-37-21(33)13-32/h6-7,11-12,18,32H,5,8-10,13-14H2,1-4H3,(H2,27,29)(H,28,34). The third-order valence-corrected chi connectivity index (χ3v) is 6.06. The van der Waals surface area contributed by atoms with Gasteiger partial charge in [0.05, 0.1) is 11.3 Å². The van der Waals surface area contributed by atoms with Crippen LogP contribution in [-0.2, 0) is 21.3 Å². The summed E-state index contributed by atoms with van der Waals surface area (Å²) in [6.07, 6.45) is 2.63. The van der Waals surface area contributed by atoms with Gasteiger partial charge in [0.25, 0.3) is 11.8 Å². The first-order chi connectivity index (χ1) is 18.1. The lowest BCUT2D eigenvalue weighted by Gasteiger charge is -2.20. The Morgan fingerprint density at radius 1 is 1.18 bits per heavy atom. The van der Waals surface area contributed by atoms with Crippen LogP contribution in [0.3, 0.4) is 0 Å². The van der Waals surface area contributed by atoms with Crippen molar-refractivity contribution in [2.75, 3.05) is 25.3 Å². The average Bonchev–Trinajstić information content (AvgIpc) is 3.66. The van der Waals surface area contributed by atoms with E-state index in [0.29, 0.717) is 41.9 Å². The van der Waals surface area contributed by atoms with Crippen LogP contribution in [0, 0.1) is 19.3 Å². The number of anilines is 1. The lowest BCUT2D eigenvalue weighted by Crippen LogP contribution is -2.39. The molecule has 3 amide bonds. The van der Waals surface area contributed by atoms with Crippen LogP contribution < -0.4 is 10.6 Å². The Hall–Kier alpha value is -4.19. The van der Waals surface area contributed by atoms with Crippen molar-refractivity contribution in [1.82, 2.24) is 14.8 Å². The molecule has 1 heterocycles. The number of carbonyl (C=O) groups excluding carboxylic acids is 4. The molecule has 12 nitrogen and oxygen atoms in total. The molecule has 0 atom stereocenters. The van der Waals surface area contributed by atoms with Gasteiger partial charge >= 0.3 is 12.1 Å². The zero-order chi connectivity index (χ0) is 28.0. The highest BCUT2D eigenvalue weighted by molar-refractivity contribution is 6.11. The number of aromatic nitrogens is 1. The predicted octanol–water partition coefficient (Wildman–Crippen LogP) is 2.45. The van der Waals surface area contributed by atoms with E-state index in [0.717, 1.165) is 16.9 Å². The molecule has 1 aliphatic carbocycles. The van der Waals surface area contributed by atoms with Crippen LogP contribution in [0.5, 0.6) is 0 Å². The number of hydrogen-bond acceptors (Lipinski definition) is 8. The summed E-state index contributed by atoms with van der Waals surface area (Å²) in [5.41, 5.74) is 2.99. The number of aliphatic hydroxyl groups excluding tert-OH is 1. The number of ether oxygens (including phenoxy) is 2. The normalized spacial score (nSPS) is 12.4. The number of amidine groups is 1. The van der Waals surface area contributed by atoms with Crippen molar-refractivity contribution in [3.63, 3.8) is 0 Å². The van der Waals surface area contributed by atoms with Crippen LogP contribution in [0.2, 0.25) is 0 Å². The highest BCUT2D eigenvalue weighted by Gasteiger charge is 2.40. The average molecular weight is 528 g/mol. The molecule has 1 saturated carbocycles. The van der Waals surface area contributed by atoms with Gasteiger partial charge in [0.2, 0.25) is 6.79 Å². The summed E-state index contributed by atoms with van der Waals surface area (Å²) < 4.78 is 11.1. The van der Waals surface area contributed by atoms with E-state index in [1.54, 1.807) is 42.9 Å². The number of aryl methyl sites for hydroxylation is 2. The molecule has 204 valence electrons. The number of amides is 3. The van der Waals surface area contributed by atoms with Gasteiger partial charge in [0.1, 0.15) is 12.4 Å². The number of nitrogens with zero attached hydrogens (tertiary/aromatic N) is 2. The highest BCUT2D eigenvalue weighted by atomic mass is 16.7. The number of esters is 1. The zero-order valence-electron chi connectivity index (χ0n) is 21.9. The summed E-state index contributed by atoms with van der Waals surface area (Å²) in [5, 5.41) is 23.3. The number of nitrogens with one attached hydrogen (secondary N) is 3. The lowest BCUT2D eigenvalue weighted by atomic mass is 10.1. The van der Waals surface area contributed by atoms with Crippen molar-refractivity contribution in [3.05, 3.63) is 52.3 Å². The summed E-state index contributed by atoms with van der Waals surface area (Å²) in [7, 11) is 1.69. The van der Waals surface area contributed by atoms with E-state index in [4.69, 9.17) is 15.3 Å². The Balaban J connectivity index is 1.79. The molecular weight excluding hydrogens is 494 g/mol.